The Morgan fingerprint density at radius 2 is 1.69 bits per heavy atom. The number of carboxylic acids is 1. The molecular formula is C26H23F4NO4. The minimum absolute atomic E-state index is 0.00382. The summed E-state index contributed by atoms with van der Waals surface area (Å²) in [6.45, 7) is 0.239. The summed E-state index contributed by atoms with van der Waals surface area (Å²) in [4.78, 5) is 23.0. The van der Waals surface area contributed by atoms with Gasteiger partial charge in [-0.25, -0.2) is 4.39 Å². The SMILES string of the molecule is O=C(O)Cc1cc(F)cc(-c2ccc(C(F)(F)F)cc2CNCCC(=O)OCc2ccccc2)c1. The van der Waals surface area contributed by atoms with E-state index in [1.165, 1.54) is 12.1 Å². The molecule has 0 spiro atoms. The first-order valence-electron chi connectivity index (χ1n) is 10.7. The van der Waals surface area contributed by atoms with Gasteiger partial charge in [0.15, 0.2) is 0 Å². The Kier molecular flexibility index (Phi) is 8.59. The van der Waals surface area contributed by atoms with Crippen molar-refractivity contribution < 1.29 is 37.0 Å². The summed E-state index contributed by atoms with van der Waals surface area (Å²) in [5.41, 5.74) is 0.955. The first kappa shape index (κ1) is 25.9. The number of aliphatic carboxylic acids is 1. The number of hydrogen-bond donors (Lipinski definition) is 2. The zero-order valence-electron chi connectivity index (χ0n) is 18.6. The van der Waals surface area contributed by atoms with Gasteiger partial charge in [-0.05, 0) is 52.1 Å². The van der Waals surface area contributed by atoms with Crippen LogP contribution in [0.4, 0.5) is 17.6 Å². The summed E-state index contributed by atoms with van der Waals surface area (Å²) in [6.07, 6.45) is -5.00. The van der Waals surface area contributed by atoms with Crippen molar-refractivity contribution in [1.29, 1.82) is 0 Å². The van der Waals surface area contributed by atoms with Gasteiger partial charge in [0.1, 0.15) is 12.4 Å². The number of ether oxygens (including phenoxy) is 1. The molecule has 0 atom stereocenters. The van der Waals surface area contributed by atoms with E-state index in [0.29, 0.717) is 5.56 Å². The van der Waals surface area contributed by atoms with Gasteiger partial charge in [-0.3, -0.25) is 9.59 Å². The second-order valence-corrected chi connectivity index (χ2v) is 7.86. The number of nitrogens with one attached hydrogen (secondary N) is 1. The molecule has 0 radical (unpaired) electrons. The molecule has 0 bridgehead atoms. The number of benzene rings is 3. The largest absolute Gasteiger partial charge is 0.481 e. The van der Waals surface area contributed by atoms with Crippen LogP contribution in [0, 0.1) is 5.82 Å². The molecular weight excluding hydrogens is 466 g/mol. The van der Waals surface area contributed by atoms with Crippen molar-refractivity contribution in [3.05, 3.63) is 94.8 Å². The summed E-state index contributed by atoms with van der Waals surface area (Å²) in [5.74, 6) is -2.32. The normalized spacial score (nSPS) is 11.3. The summed E-state index contributed by atoms with van der Waals surface area (Å²) in [7, 11) is 0. The lowest BCUT2D eigenvalue weighted by Gasteiger charge is -2.15. The molecule has 184 valence electrons. The van der Waals surface area contributed by atoms with Crippen molar-refractivity contribution in [2.75, 3.05) is 6.54 Å². The lowest BCUT2D eigenvalue weighted by atomic mass is 9.95. The van der Waals surface area contributed by atoms with Crippen molar-refractivity contribution in [2.45, 2.75) is 32.2 Å². The number of rotatable bonds is 10. The molecule has 3 aromatic rings. The second kappa shape index (κ2) is 11.6. The second-order valence-electron chi connectivity index (χ2n) is 7.86. The highest BCUT2D eigenvalue weighted by atomic mass is 19.4. The monoisotopic (exact) mass is 489 g/mol. The topological polar surface area (TPSA) is 75.6 Å². The number of hydrogen-bond acceptors (Lipinski definition) is 4. The van der Waals surface area contributed by atoms with Gasteiger partial charge in [0.2, 0.25) is 0 Å². The summed E-state index contributed by atoms with van der Waals surface area (Å²) in [5, 5.41) is 11.9. The van der Waals surface area contributed by atoms with Gasteiger partial charge in [0, 0.05) is 13.1 Å². The Bertz CT molecular complexity index is 1180. The summed E-state index contributed by atoms with van der Waals surface area (Å²) < 4.78 is 59.1. The van der Waals surface area contributed by atoms with Crippen LogP contribution in [-0.4, -0.2) is 23.6 Å². The number of halogens is 4. The first-order valence-corrected chi connectivity index (χ1v) is 10.7. The van der Waals surface area contributed by atoms with Crippen molar-refractivity contribution in [2.24, 2.45) is 0 Å². The predicted molar refractivity (Wildman–Crippen MR) is 121 cm³/mol. The number of carbonyl (C=O) groups excluding carboxylic acids is 1. The number of carboxylic acid groups (broad SMARTS) is 1. The highest BCUT2D eigenvalue weighted by Gasteiger charge is 2.31. The van der Waals surface area contributed by atoms with Crippen LogP contribution in [0.3, 0.4) is 0 Å². The molecule has 2 N–H and O–H groups in total. The molecule has 0 amide bonds. The summed E-state index contributed by atoms with van der Waals surface area (Å²) >= 11 is 0. The van der Waals surface area contributed by atoms with Gasteiger partial charge in [-0.15, -0.1) is 0 Å². The van der Waals surface area contributed by atoms with E-state index in [0.717, 1.165) is 29.8 Å². The smallest absolute Gasteiger partial charge is 0.416 e. The number of alkyl halides is 3. The average Bonchev–Trinajstić information content (AvgIpc) is 2.79. The van der Waals surface area contributed by atoms with Gasteiger partial charge in [0.25, 0.3) is 0 Å². The van der Waals surface area contributed by atoms with E-state index in [9.17, 15) is 27.2 Å². The molecule has 9 heteroatoms. The molecule has 5 nitrogen and oxygen atoms in total. The van der Waals surface area contributed by atoms with Crippen LogP contribution < -0.4 is 5.32 Å². The van der Waals surface area contributed by atoms with E-state index in [2.05, 4.69) is 5.32 Å². The highest BCUT2D eigenvalue weighted by molar-refractivity contribution is 5.73. The third-order valence-electron chi connectivity index (χ3n) is 5.12. The van der Waals surface area contributed by atoms with Gasteiger partial charge in [0.05, 0.1) is 18.4 Å². The summed E-state index contributed by atoms with van der Waals surface area (Å²) in [6, 6.07) is 15.8. The van der Waals surface area contributed by atoms with E-state index >= 15 is 0 Å². The molecule has 0 saturated carbocycles. The Morgan fingerprint density at radius 3 is 2.37 bits per heavy atom. The fraction of sp³-hybridized carbons (Fsp3) is 0.231. The molecule has 3 aromatic carbocycles. The number of carbonyl (C=O) groups is 2. The van der Waals surface area contributed by atoms with Crippen LogP contribution >= 0.6 is 0 Å². The Morgan fingerprint density at radius 1 is 0.943 bits per heavy atom. The van der Waals surface area contributed by atoms with E-state index in [1.54, 1.807) is 0 Å². The third kappa shape index (κ3) is 7.92. The zero-order valence-corrected chi connectivity index (χ0v) is 18.6. The maximum atomic E-state index is 14.1. The standard InChI is InChI=1S/C26H23F4NO4/c27-22-11-18(12-24(32)33)10-19(14-22)23-7-6-21(26(28,29)30)13-20(23)15-31-9-8-25(34)35-16-17-4-2-1-3-5-17/h1-7,10-11,13-14,31H,8-9,12,15-16H2,(H,32,33). The maximum absolute atomic E-state index is 14.1. The molecule has 0 aliphatic rings. The highest BCUT2D eigenvalue weighted by Crippen LogP contribution is 2.34. The van der Waals surface area contributed by atoms with E-state index in [-0.39, 0.29) is 42.8 Å². The van der Waals surface area contributed by atoms with Crippen LogP contribution in [-0.2, 0) is 40.1 Å². The molecule has 0 aromatic heterocycles. The van der Waals surface area contributed by atoms with Gasteiger partial charge < -0.3 is 15.2 Å². The predicted octanol–water partition coefficient (Wildman–Crippen LogP) is 5.36. The van der Waals surface area contributed by atoms with Crippen molar-refractivity contribution in [3.63, 3.8) is 0 Å². The van der Waals surface area contributed by atoms with Crippen LogP contribution in [0.15, 0.2) is 66.7 Å². The van der Waals surface area contributed by atoms with Crippen molar-refractivity contribution in [1.82, 2.24) is 5.32 Å². The van der Waals surface area contributed by atoms with E-state index in [1.807, 2.05) is 30.3 Å². The molecule has 0 fully saturated rings. The molecule has 3 rings (SSSR count). The molecule has 0 saturated heterocycles. The zero-order chi connectivity index (χ0) is 25.4. The Hall–Kier alpha value is -3.72. The fourth-order valence-corrected chi connectivity index (χ4v) is 3.50. The Balaban J connectivity index is 1.71. The van der Waals surface area contributed by atoms with Crippen molar-refractivity contribution >= 4 is 11.9 Å². The Labute approximate surface area is 199 Å². The van der Waals surface area contributed by atoms with Gasteiger partial charge >= 0.3 is 18.1 Å². The van der Waals surface area contributed by atoms with Crippen LogP contribution in [0.1, 0.15) is 28.7 Å². The van der Waals surface area contributed by atoms with Crippen LogP contribution in [0.5, 0.6) is 0 Å². The fourth-order valence-electron chi connectivity index (χ4n) is 3.50. The molecule has 0 heterocycles. The molecule has 0 aliphatic carbocycles. The van der Waals surface area contributed by atoms with Crippen LogP contribution in [0.25, 0.3) is 11.1 Å². The van der Waals surface area contributed by atoms with Crippen molar-refractivity contribution in [3.8, 4) is 11.1 Å². The lowest BCUT2D eigenvalue weighted by Crippen LogP contribution is -2.20. The van der Waals surface area contributed by atoms with E-state index in [4.69, 9.17) is 9.84 Å². The number of esters is 1. The van der Waals surface area contributed by atoms with Gasteiger partial charge in [-0.1, -0.05) is 42.5 Å². The van der Waals surface area contributed by atoms with Crippen LogP contribution in [0.2, 0.25) is 0 Å². The molecule has 0 aliphatic heterocycles. The van der Waals surface area contributed by atoms with E-state index < -0.39 is 35.9 Å². The van der Waals surface area contributed by atoms with Gasteiger partial charge in [-0.2, -0.15) is 13.2 Å². The molecule has 35 heavy (non-hydrogen) atoms. The minimum Gasteiger partial charge on any atom is -0.481 e. The third-order valence-corrected chi connectivity index (χ3v) is 5.12. The molecule has 0 unspecified atom stereocenters. The average molecular weight is 489 g/mol. The minimum atomic E-state index is -4.58. The quantitative estimate of drug-likeness (QED) is 0.228. The lowest BCUT2D eigenvalue weighted by molar-refractivity contribution is -0.145. The first-order chi connectivity index (χ1) is 16.6. The maximum Gasteiger partial charge on any atom is 0.416 e.